The maximum Gasteiger partial charge on any atom is 0.124 e. The number of aromatic nitrogens is 2. The van der Waals surface area contributed by atoms with Crippen LogP contribution in [0.2, 0.25) is 0 Å². The number of benzene rings is 1. The Balaban J connectivity index is 2.20. The second-order valence-electron chi connectivity index (χ2n) is 3.53. The van der Waals surface area contributed by atoms with Crippen LogP contribution in [-0.2, 0) is 0 Å². The molecule has 4 heteroatoms. The van der Waals surface area contributed by atoms with Crippen LogP contribution in [0.4, 0.5) is 0 Å². The average Bonchev–Trinajstić information content (AvgIpc) is 2.69. The van der Waals surface area contributed by atoms with E-state index in [-0.39, 0.29) is 6.04 Å². The number of nitrogens with two attached hydrogens (primary N) is 1. The van der Waals surface area contributed by atoms with Crippen molar-refractivity contribution in [1.29, 1.82) is 0 Å². The molecule has 0 spiro atoms. The molecular weight excluding hydrogens is 206 g/mol. The average molecular weight is 221 g/mol. The Hall–Kier alpha value is -1.00. The zero-order chi connectivity index (χ0) is 10.7. The van der Waals surface area contributed by atoms with Crippen molar-refractivity contribution >= 4 is 22.8 Å². The highest BCUT2D eigenvalue weighted by atomic mass is 32.2. The molecule has 1 aromatic carbocycles. The van der Waals surface area contributed by atoms with Crippen molar-refractivity contribution < 1.29 is 0 Å². The van der Waals surface area contributed by atoms with Crippen LogP contribution in [0.1, 0.15) is 18.3 Å². The molecule has 0 bridgehead atoms. The van der Waals surface area contributed by atoms with Crippen molar-refractivity contribution in [3.8, 4) is 0 Å². The van der Waals surface area contributed by atoms with E-state index < -0.39 is 0 Å². The van der Waals surface area contributed by atoms with Gasteiger partial charge in [-0.25, -0.2) is 4.98 Å². The third-order valence-corrected chi connectivity index (χ3v) is 3.04. The van der Waals surface area contributed by atoms with E-state index in [1.54, 1.807) is 0 Å². The minimum absolute atomic E-state index is 0.0184. The molecule has 2 aromatic rings. The van der Waals surface area contributed by atoms with E-state index in [1.165, 1.54) is 0 Å². The molecule has 15 heavy (non-hydrogen) atoms. The van der Waals surface area contributed by atoms with Crippen LogP contribution in [0.3, 0.4) is 0 Å². The van der Waals surface area contributed by atoms with E-state index >= 15 is 0 Å². The van der Waals surface area contributed by atoms with Gasteiger partial charge in [0.1, 0.15) is 5.82 Å². The van der Waals surface area contributed by atoms with Crippen LogP contribution < -0.4 is 5.73 Å². The maximum atomic E-state index is 6.04. The molecule has 3 N–H and O–H groups in total. The van der Waals surface area contributed by atoms with Crippen molar-refractivity contribution in [2.75, 3.05) is 12.0 Å². The van der Waals surface area contributed by atoms with Crippen LogP contribution in [0.5, 0.6) is 0 Å². The van der Waals surface area contributed by atoms with Gasteiger partial charge in [-0.05, 0) is 30.6 Å². The van der Waals surface area contributed by atoms with Crippen LogP contribution in [0, 0.1) is 0 Å². The molecule has 1 aromatic heterocycles. The first-order valence-electron chi connectivity index (χ1n) is 5.00. The Labute approximate surface area is 93.5 Å². The lowest BCUT2D eigenvalue weighted by Gasteiger charge is -2.06. The maximum absolute atomic E-state index is 6.04. The largest absolute Gasteiger partial charge is 0.341 e. The van der Waals surface area contributed by atoms with Crippen molar-refractivity contribution in [2.45, 2.75) is 12.5 Å². The van der Waals surface area contributed by atoms with E-state index in [2.05, 4.69) is 16.2 Å². The Bertz CT molecular complexity index is 405. The molecule has 0 radical (unpaired) electrons. The fourth-order valence-corrected chi connectivity index (χ4v) is 2.02. The fraction of sp³-hybridized carbons (Fsp3) is 0.364. The van der Waals surface area contributed by atoms with Gasteiger partial charge >= 0.3 is 0 Å². The Morgan fingerprint density at radius 1 is 1.47 bits per heavy atom. The first-order valence-corrected chi connectivity index (χ1v) is 6.40. The Morgan fingerprint density at radius 3 is 3.00 bits per heavy atom. The summed E-state index contributed by atoms with van der Waals surface area (Å²) in [5.41, 5.74) is 8.09. The molecule has 0 aliphatic rings. The smallest absolute Gasteiger partial charge is 0.124 e. The third-order valence-electron chi connectivity index (χ3n) is 2.39. The molecule has 0 saturated carbocycles. The van der Waals surface area contributed by atoms with E-state index in [0.29, 0.717) is 0 Å². The number of hydrogen-bond acceptors (Lipinski definition) is 3. The number of fused-ring (bicyclic) bond motifs is 1. The number of nitrogens with zero attached hydrogens (tertiary/aromatic N) is 1. The van der Waals surface area contributed by atoms with Crippen LogP contribution in [-0.4, -0.2) is 22.0 Å². The van der Waals surface area contributed by atoms with E-state index in [4.69, 9.17) is 5.73 Å². The molecule has 0 saturated heterocycles. The summed E-state index contributed by atoms with van der Waals surface area (Å²) in [6, 6.07) is 8.02. The van der Waals surface area contributed by atoms with Crippen molar-refractivity contribution in [1.82, 2.24) is 9.97 Å². The molecule has 3 nitrogen and oxygen atoms in total. The fourth-order valence-electron chi connectivity index (χ4n) is 1.53. The summed E-state index contributed by atoms with van der Waals surface area (Å²) in [4.78, 5) is 7.73. The summed E-state index contributed by atoms with van der Waals surface area (Å²) in [7, 11) is 0. The van der Waals surface area contributed by atoms with Gasteiger partial charge in [-0.2, -0.15) is 11.8 Å². The number of aromatic amines is 1. The molecule has 0 aliphatic carbocycles. The third kappa shape index (κ3) is 2.33. The molecule has 0 amide bonds. The summed E-state index contributed by atoms with van der Waals surface area (Å²) in [6.45, 7) is 0. The lowest BCUT2D eigenvalue weighted by atomic mass is 10.2. The van der Waals surface area contributed by atoms with Gasteiger partial charge in [-0.15, -0.1) is 0 Å². The highest BCUT2D eigenvalue weighted by molar-refractivity contribution is 7.98. The topological polar surface area (TPSA) is 54.7 Å². The standard InChI is InChI=1S/C11H15N3S/c1-15-7-6-8(12)11-13-9-4-2-3-5-10(9)14-11/h2-5,8H,6-7,12H2,1H3,(H,13,14). The SMILES string of the molecule is CSCCC(N)c1nc2ccccc2[nH]1. The van der Waals surface area contributed by atoms with Crippen molar-refractivity contribution in [3.63, 3.8) is 0 Å². The highest BCUT2D eigenvalue weighted by Crippen LogP contribution is 2.17. The van der Waals surface area contributed by atoms with Gasteiger partial charge < -0.3 is 10.7 Å². The van der Waals surface area contributed by atoms with Crippen LogP contribution in [0.25, 0.3) is 11.0 Å². The predicted molar refractivity (Wildman–Crippen MR) is 66.0 cm³/mol. The molecule has 1 atom stereocenters. The predicted octanol–water partition coefficient (Wildman–Crippen LogP) is 2.32. The minimum Gasteiger partial charge on any atom is -0.341 e. The number of H-pyrrole nitrogens is 1. The molecular formula is C11H15N3S. The van der Waals surface area contributed by atoms with Crippen molar-refractivity contribution in [2.24, 2.45) is 5.73 Å². The Morgan fingerprint density at radius 2 is 2.27 bits per heavy atom. The monoisotopic (exact) mass is 221 g/mol. The highest BCUT2D eigenvalue weighted by Gasteiger charge is 2.10. The first kappa shape index (κ1) is 10.5. The number of rotatable bonds is 4. The van der Waals surface area contributed by atoms with Gasteiger partial charge in [-0.3, -0.25) is 0 Å². The lowest BCUT2D eigenvalue weighted by Crippen LogP contribution is -2.12. The van der Waals surface area contributed by atoms with E-state index in [1.807, 2.05) is 36.0 Å². The second kappa shape index (κ2) is 4.68. The van der Waals surface area contributed by atoms with Gasteiger partial charge in [0, 0.05) is 0 Å². The van der Waals surface area contributed by atoms with Crippen LogP contribution >= 0.6 is 11.8 Å². The van der Waals surface area contributed by atoms with Crippen molar-refractivity contribution in [3.05, 3.63) is 30.1 Å². The number of thioether (sulfide) groups is 1. The van der Waals surface area contributed by atoms with Crippen LogP contribution in [0.15, 0.2) is 24.3 Å². The quantitative estimate of drug-likeness (QED) is 0.833. The Kier molecular flexibility index (Phi) is 3.28. The molecule has 80 valence electrons. The molecule has 2 rings (SSSR count). The van der Waals surface area contributed by atoms with Gasteiger partial charge in [0.2, 0.25) is 0 Å². The second-order valence-corrected chi connectivity index (χ2v) is 4.51. The number of imidazole rings is 1. The first-order chi connectivity index (χ1) is 7.31. The van der Waals surface area contributed by atoms with Gasteiger partial charge in [0.25, 0.3) is 0 Å². The molecule has 1 unspecified atom stereocenters. The molecule has 0 fully saturated rings. The summed E-state index contributed by atoms with van der Waals surface area (Å²) in [5.74, 6) is 1.96. The summed E-state index contributed by atoms with van der Waals surface area (Å²) >= 11 is 1.81. The van der Waals surface area contributed by atoms with Gasteiger partial charge in [0.15, 0.2) is 0 Å². The molecule has 0 aliphatic heterocycles. The zero-order valence-electron chi connectivity index (χ0n) is 8.73. The lowest BCUT2D eigenvalue weighted by molar-refractivity contribution is 0.666. The normalized spacial score (nSPS) is 13.2. The zero-order valence-corrected chi connectivity index (χ0v) is 9.55. The number of hydrogen-bond donors (Lipinski definition) is 2. The van der Waals surface area contributed by atoms with Gasteiger partial charge in [0.05, 0.1) is 17.1 Å². The summed E-state index contributed by atoms with van der Waals surface area (Å²) in [5, 5.41) is 0. The summed E-state index contributed by atoms with van der Waals surface area (Å²) in [6.07, 6.45) is 3.05. The van der Waals surface area contributed by atoms with E-state index in [9.17, 15) is 0 Å². The van der Waals surface area contributed by atoms with E-state index in [0.717, 1.165) is 29.0 Å². The van der Waals surface area contributed by atoms with Gasteiger partial charge in [-0.1, -0.05) is 12.1 Å². The number of para-hydroxylation sites is 2. The number of nitrogens with one attached hydrogen (secondary N) is 1. The minimum atomic E-state index is 0.0184. The summed E-state index contributed by atoms with van der Waals surface area (Å²) < 4.78 is 0. The molecule has 1 heterocycles.